The van der Waals surface area contributed by atoms with Crippen LogP contribution in [0.1, 0.15) is 45.6 Å². The van der Waals surface area contributed by atoms with E-state index >= 15 is 0 Å². The van der Waals surface area contributed by atoms with Crippen LogP contribution in [0.4, 0.5) is 5.69 Å². The summed E-state index contributed by atoms with van der Waals surface area (Å²) in [6, 6.07) is 4.24. The first-order chi connectivity index (χ1) is 11.3. The molecule has 1 fully saturated rings. The Labute approximate surface area is 147 Å². The zero-order chi connectivity index (χ0) is 17.9. The second-order valence-corrected chi connectivity index (χ2v) is 7.50. The molecule has 24 heavy (non-hydrogen) atoms. The lowest BCUT2D eigenvalue weighted by molar-refractivity contribution is -0.385. The monoisotopic (exact) mass is 353 g/mol. The van der Waals surface area contributed by atoms with E-state index in [0.29, 0.717) is 28.3 Å². The zero-order valence-corrected chi connectivity index (χ0v) is 15.1. The molecule has 1 aliphatic rings. The highest BCUT2D eigenvalue weighted by Crippen LogP contribution is 2.35. The highest BCUT2D eigenvalue weighted by molar-refractivity contribution is 6.30. The number of hydrogen-bond acceptors (Lipinski definition) is 4. The molecule has 0 bridgehead atoms. The Hall–Kier alpha value is -1.62. The van der Waals surface area contributed by atoms with Crippen LogP contribution in [0, 0.1) is 27.9 Å². The standard InChI is InChI=1S/C18H24ClNO4/c1-11(2)15-6-4-12(3)8-17(15)24-18(21)10-13-9-14(19)5-7-16(13)20(22)23/h5,7,9,11-12,15,17H,4,6,8,10H2,1-3H3/t12-,15-,17-/m1/s1. The van der Waals surface area contributed by atoms with Gasteiger partial charge in [0.1, 0.15) is 6.10 Å². The maximum Gasteiger partial charge on any atom is 0.310 e. The number of benzene rings is 1. The number of ether oxygens (including phenoxy) is 1. The van der Waals surface area contributed by atoms with Crippen LogP contribution >= 0.6 is 11.6 Å². The molecule has 0 spiro atoms. The predicted molar refractivity (Wildman–Crippen MR) is 93.0 cm³/mol. The molecule has 2 rings (SSSR count). The molecule has 0 saturated heterocycles. The summed E-state index contributed by atoms with van der Waals surface area (Å²) < 4.78 is 5.71. The van der Waals surface area contributed by atoms with Crippen molar-refractivity contribution in [2.24, 2.45) is 17.8 Å². The van der Waals surface area contributed by atoms with Gasteiger partial charge in [-0.25, -0.2) is 0 Å². The number of nitrogens with zero attached hydrogens (tertiary/aromatic N) is 1. The summed E-state index contributed by atoms with van der Waals surface area (Å²) in [5.74, 6) is 0.888. The largest absolute Gasteiger partial charge is 0.462 e. The first-order valence-electron chi connectivity index (χ1n) is 8.40. The quantitative estimate of drug-likeness (QED) is 0.433. The van der Waals surface area contributed by atoms with Crippen LogP contribution in [-0.2, 0) is 16.0 Å². The molecular weight excluding hydrogens is 330 g/mol. The second kappa shape index (κ2) is 7.97. The third kappa shape index (κ3) is 4.69. The normalized spacial score (nSPS) is 24.0. The topological polar surface area (TPSA) is 69.4 Å². The van der Waals surface area contributed by atoms with Crippen molar-refractivity contribution in [1.82, 2.24) is 0 Å². The van der Waals surface area contributed by atoms with Gasteiger partial charge in [0.25, 0.3) is 5.69 Å². The lowest BCUT2D eigenvalue weighted by atomic mass is 9.75. The molecule has 0 amide bonds. The van der Waals surface area contributed by atoms with Crippen LogP contribution in [0.2, 0.25) is 5.02 Å². The van der Waals surface area contributed by atoms with Crippen LogP contribution in [0.3, 0.4) is 0 Å². The number of hydrogen-bond donors (Lipinski definition) is 0. The lowest BCUT2D eigenvalue weighted by Crippen LogP contribution is -2.36. The van der Waals surface area contributed by atoms with Gasteiger partial charge in [-0.2, -0.15) is 0 Å². The Morgan fingerprint density at radius 3 is 2.75 bits per heavy atom. The summed E-state index contributed by atoms with van der Waals surface area (Å²) in [5.41, 5.74) is 0.191. The van der Waals surface area contributed by atoms with E-state index in [9.17, 15) is 14.9 Å². The van der Waals surface area contributed by atoms with E-state index < -0.39 is 10.9 Å². The van der Waals surface area contributed by atoms with Gasteiger partial charge in [0, 0.05) is 16.7 Å². The first kappa shape index (κ1) is 18.7. The molecule has 0 N–H and O–H groups in total. The SMILES string of the molecule is CC(C)[C@H]1CC[C@@H](C)C[C@H]1OC(=O)Cc1cc(Cl)ccc1[N+](=O)[O-]. The summed E-state index contributed by atoms with van der Waals surface area (Å²) in [4.78, 5) is 23.0. The highest BCUT2D eigenvalue weighted by atomic mass is 35.5. The fourth-order valence-electron chi connectivity index (χ4n) is 3.49. The van der Waals surface area contributed by atoms with E-state index in [1.54, 1.807) is 0 Å². The Morgan fingerprint density at radius 2 is 2.12 bits per heavy atom. The van der Waals surface area contributed by atoms with Crippen molar-refractivity contribution in [3.8, 4) is 0 Å². The van der Waals surface area contributed by atoms with Gasteiger partial charge in [0.2, 0.25) is 0 Å². The zero-order valence-electron chi connectivity index (χ0n) is 14.3. The summed E-state index contributed by atoms with van der Waals surface area (Å²) in [5, 5.41) is 11.5. The number of carbonyl (C=O) groups is 1. The lowest BCUT2D eigenvalue weighted by Gasteiger charge is -2.36. The molecule has 5 nitrogen and oxygen atoms in total. The maximum absolute atomic E-state index is 12.4. The van der Waals surface area contributed by atoms with Crippen molar-refractivity contribution in [1.29, 1.82) is 0 Å². The molecule has 0 aromatic heterocycles. The number of esters is 1. The van der Waals surface area contributed by atoms with Gasteiger partial charge < -0.3 is 4.74 Å². The average molecular weight is 354 g/mol. The van der Waals surface area contributed by atoms with Crippen LogP contribution in [0.25, 0.3) is 0 Å². The third-order valence-electron chi connectivity index (χ3n) is 4.82. The van der Waals surface area contributed by atoms with Crippen molar-refractivity contribution in [3.63, 3.8) is 0 Å². The van der Waals surface area contributed by atoms with Crippen LogP contribution in [0.5, 0.6) is 0 Å². The van der Waals surface area contributed by atoms with Crippen molar-refractivity contribution in [3.05, 3.63) is 38.9 Å². The third-order valence-corrected chi connectivity index (χ3v) is 5.05. The van der Waals surface area contributed by atoms with Crippen molar-refractivity contribution >= 4 is 23.3 Å². The minimum absolute atomic E-state index is 0.103. The molecule has 1 aliphatic carbocycles. The molecule has 1 saturated carbocycles. The van der Waals surface area contributed by atoms with Crippen LogP contribution in [0.15, 0.2) is 18.2 Å². The summed E-state index contributed by atoms with van der Waals surface area (Å²) >= 11 is 5.91. The van der Waals surface area contributed by atoms with Crippen LogP contribution in [-0.4, -0.2) is 17.0 Å². The Kier molecular flexibility index (Phi) is 6.21. The van der Waals surface area contributed by atoms with Gasteiger partial charge >= 0.3 is 5.97 Å². The van der Waals surface area contributed by atoms with E-state index in [4.69, 9.17) is 16.3 Å². The maximum atomic E-state index is 12.4. The second-order valence-electron chi connectivity index (χ2n) is 7.06. The summed E-state index contributed by atoms with van der Waals surface area (Å²) in [6.45, 7) is 6.45. The molecule has 0 unspecified atom stereocenters. The Bertz CT molecular complexity index is 617. The van der Waals surface area contributed by atoms with Gasteiger partial charge in [0.15, 0.2) is 0 Å². The number of halogens is 1. The molecular formula is C18H24ClNO4. The molecule has 1 aromatic rings. The molecule has 3 atom stereocenters. The van der Waals surface area contributed by atoms with Gasteiger partial charge in [-0.3, -0.25) is 14.9 Å². The van der Waals surface area contributed by atoms with Gasteiger partial charge in [-0.1, -0.05) is 38.8 Å². The smallest absolute Gasteiger partial charge is 0.310 e. The molecule has 132 valence electrons. The van der Waals surface area contributed by atoms with Crippen molar-refractivity contribution in [2.75, 3.05) is 0 Å². The van der Waals surface area contributed by atoms with E-state index in [-0.39, 0.29) is 18.2 Å². The van der Waals surface area contributed by atoms with Gasteiger partial charge in [-0.05, 0) is 42.7 Å². The van der Waals surface area contributed by atoms with E-state index in [1.807, 2.05) is 0 Å². The molecule has 0 heterocycles. The van der Waals surface area contributed by atoms with Gasteiger partial charge in [0.05, 0.1) is 11.3 Å². The van der Waals surface area contributed by atoms with E-state index in [0.717, 1.165) is 19.3 Å². The molecule has 6 heteroatoms. The van der Waals surface area contributed by atoms with Crippen LogP contribution < -0.4 is 0 Å². The van der Waals surface area contributed by atoms with Crippen molar-refractivity contribution in [2.45, 2.75) is 52.6 Å². The first-order valence-corrected chi connectivity index (χ1v) is 8.78. The Morgan fingerprint density at radius 1 is 1.42 bits per heavy atom. The number of rotatable bonds is 5. The molecule has 1 aromatic carbocycles. The Balaban J connectivity index is 2.09. The van der Waals surface area contributed by atoms with E-state index in [1.165, 1.54) is 18.2 Å². The average Bonchev–Trinajstić information content (AvgIpc) is 2.46. The molecule has 0 aliphatic heterocycles. The highest BCUT2D eigenvalue weighted by Gasteiger charge is 2.33. The van der Waals surface area contributed by atoms with E-state index in [2.05, 4.69) is 20.8 Å². The number of nitro benzene ring substituents is 1. The minimum atomic E-state index is -0.501. The fourth-order valence-corrected chi connectivity index (χ4v) is 3.68. The number of nitro groups is 1. The summed E-state index contributed by atoms with van der Waals surface area (Å²) in [6.07, 6.45) is 2.81. The summed E-state index contributed by atoms with van der Waals surface area (Å²) in [7, 11) is 0. The number of carbonyl (C=O) groups excluding carboxylic acids is 1. The van der Waals surface area contributed by atoms with Gasteiger partial charge in [-0.15, -0.1) is 0 Å². The fraction of sp³-hybridized carbons (Fsp3) is 0.611. The molecule has 0 radical (unpaired) electrons. The predicted octanol–water partition coefficient (Wildman–Crippen LogP) is 4.79. The minimum Gasteiger partial charge on any atom is -0.462 e. The van der Waals surface area contributed by atoms with Crippen molar-refractivity contribution < 1.29 is 14.5 Å².